The molecule has 104 valence electrons. The summed E-state index contributed by atoms with van der Waals surface area (Å²) in [5, 5.41) is 7.69. The van der Waals surface area contributed by atoms with E-state index in [1.54, 1.807) is 43.9 Å². The Morgan fingerprint density at radius 1 is 1.47 bits per heavy atom. The van der Waals surface area contributed by atoms with Crippen molar-refractivity contribution in [3.05, 3.63) is 29.9 Å². The van der Waals surface area contributed by atoms with E-state index in [2.05, 4.69) is 15.0 Å². The molecule has 0 spiro atoms. The molecule has 1 atom stereocenters. The fourth-order valence-corrected chi connectivity index (χ4v) is 3.47. The monoisotopic (exact) mass is 284 g/mol. The number of nitrogens with one attached hydrogen (secondary N) is 1. The summed E-state index contributed by atoms with van der Waals surface area (Å²) in [5.74, 6) is 0.288. The SMILES string of the molecule is Cc1noc(C)c1S(=O)(=O)NC(C)Cn1cccn1. The molecule has 0 radical (unpaired) electrons. The lowest BCUT2D eigenvalue weighted by molar-refractivity contribution is 0.390. The van der Waals surface area contributed by atoms with Gasteiger partial charge in [0.2, 0.25) is 10.0 Å². The van der Waals surface area contributed by atoms with Gasteiger partial charge < -0.3 is 4.52 Å². The summed E-state index contributed by atoms with van der Waals surface area (Å²) in [6.07, 6.45) is 3.43. The van der Waals surface area contributed by atoms with Crippen molar-refractivity contribution in [3.63, 3.8) is 0 Å². The van der Waals surface area contributed by atoms with Crippen LogP contribution in [-0.2, 0) is 16.6 Å². The lowest BCUT2D eigenvalue weighted by Gasteiger charge is -2.14. The first-order valence-electron chi connectivity index (χ1n) is 5.83. The third kappa shape index (κ3) is 3.02. The molecule has 1 N–H and O–H groups in total. The van der Waals surface area contributed by atoms with Crippen molar-refractivity contribution in [2.75, 3.05) is 0 Å². The van der Waals surface area contributed by atoms with E-state index in [0.29, 0.717) is 12.2 Å². The smallest absolute Gasteiger partial charge is 0.246 e. The maximum absolute atomic E-state index is 12.2. The van der Waals surface area contributed by atoms with Crippen LogP contribution in [0.1, 0.15) is 18.4 Å². The molecule has 2 heterocycles. The predicted molar refractivity (Wildman–Crippen MR) is 68.0 cm³/mol. The van der Waals surface area contributed by atoms with Gasteiger partial charge in [-0.2, -0.15) is 5.10 Å². The Morgan fingerprint density at radius 2 is 2.21 bits per heavy atom. The normalized spacial score (nSPS) is 13.6. The molecule has 0 saturated carbocycles. The lowest BCUT2D eigenvalue weighted by Crippen LogP contribution is -2.36. The molecule has 8 heteroatoms. The van der Waals surface area contributed by atoms with Crippen molar-refractivity contribution < 1.29 is 12.9 Å². The highest BCUT2D eigenvalue weighted by atomic mass is 32.2. The van der Waals surface area contributed by atoms with Gasteiger partial charge in [0.1, 0.15) is 10.6 Å². The molecule has 0 aliphatic heterocycles. The van der Waals surface area contributed by atoms with Crippen molar-refractivity contribution >= 4 is 10.0 Å². The number of hydrogen-bond acceptors (Lipinski definition) is 5. The molecular weight excluding hydrogens is 268 g/mol. The van der Waals surface area contributed by atoms with E-state index < -0.39 is 10.0 Å². The van der Waals surface area contributed by atoms with Gasteiger partial charge in [0.05, 0.1) is 6.54 Å². The highest BCUT2D eigenvalue weighted by Crippen LogP contribution is 2.18. The molecule has 0 amide bonds. The number of rotatable bonds is 5. The van der Waals surface area contributed by atoms with Crippen molar-refractivity contribution in [2.45, 2.75) is 38.3 Å². The molecule has 2 aromatic rings. The number of nitrogens with zero attached hydrogens (tertiary/aromatic N) is 3. The first-order valence-corrected chi connectivity index (χ1v) is 7.31. The van der Waals surface area contributed by atoms with E-state index in [1.165, 1.54) is 0 Å². The van der Waals surface area contributed by atoms with Gasteiger partial charge in [0.25, 0.3) is 0 Å². The van der Waals surface area contributed by atoms with E-state index in [0.717, 1.165) is 0 Å². The molecule has 0 fully saturated rings. The molecule has 7 nitrogen and oxygen atoms in total. The largest absolute Gasteiger partial charge is 0.360 e. The van der Waals surface area contributed by atoms with Crippen LogP contribution in [0.15, 0.2) is 27.9 Å². The summed E-state index contributed by atoms with van der Waals surface area (Å²) >= 11 is 0. The van der Waals surface area contributed by atoms with Crippen molar-refractivity contribution in [1.29, 1.82) is 0 Å². The highest BCUT2D eigenvalue weighted by Gasteiger charge is 2.25. The van der Waals surface area contributed by atoms with Crippen LogP contribution < -0.4 is 4.72 Å². The van der Waals surface area contributed by atoms with Crippen LogP contribution in [-0.4, -0.2) is 29.4 Å². The maximum Gasteiger partial charge on any atom is 0.246 e. The minimum atomic E-state index is -3.63. The van der Waals surface area contributed by atoms with Gasteiger partial charge >= 0.3 is 0 Å². The maximum atomic E-state index is 12.2. The Hall–Kier alpha value is -1.67. The minimum absolute atomic E-state index is 0.111. The third-order valence-electron chi connectivity index (χ3n) is 2.61. The zero-order chi connectivity index (χ0) is 14.0. The third-order valence-corrected chi connectivity index (χ3v) is 4.45. The van der Waals surface area contributed by atoms with Crippen LogP contribution in [0, 0.1) is 13.8 Å². The Bertz CT molecular complexity index is 626. The van der Waals surface area contributed by atoms with Gasteiger partial charge in [0.15, 0.2) is 5.76 Å². The van der Waals surface area contributed by atoms with E-state index in [-0.39, 0.29) is 16.7 Å². The number of aryl methyl sites for hydroxylation is 2. The van der Waals surface area contributed by atoms with Crippen molar-refractivity contribution in [2.24, 2.45) is 0 Å². The van der Waals surface area contributed by atoms with Crippen LogP contribution in [0.25, 0.3) is 0 Å². The fraction of sp³-hybridized carbons (Fsp3) is 0.455. The second-order valence-electron chi connectivity index (χ2n) is 4.40. The van der Waals surface area contributed by atoms with Crippen LogP contribution in [0.3, 0.4) is 0 Å². The summed E-state index contributed by atoms with van der Waals surface area (Å²) in [4.78, 5) is 0.111. The molecule has 19 heavy (non-hydrogen) atoms. The molecule has 2 rings (SSSR count). The van der Waals surface area contributed by atoms with Gasteiger partial charge in [-0.3, -0.25) is 4.68 Å². The number of hydrogen-bond donors (Lipinski definition) is 1. The molecule has 0 aromatic carbocycles. The summed E-state index contributed by atoms with van der Waals surface area (Å²) in [5.41, 5.74) is 0.358. The molecule has 0 bridgehead atoms. The fourth-order valence-electron chi connectivity index (χ4n) is 1.91. The van der Waals surface area contributed by atoms with E-state index in [4.69, 9.17) is 4.52 Å². The lowest BCUT2D eigenvalue weighted by atomic mass is 10.4. The van der Waals surface area contributed by atoms with E-state index >= 15 is 0 Å². The molecule has 0 aliphatic rings. The topological polar surface area (TPSA) is 90.0 Å². The molecule has 2 aromatic heterocycles. The first-order chi connectivity index (χ1) is 8.90. The predicted octanol–water partition coefficient (Wildman–Crippen LogP) is 0.855. The van der Waals surface area contributed by atoms with Crippen LogP contribution in [0.5, 0.6) is 0 Å². The number of sulfonamides is 1. The van der Waals surface area contributed by atoms with Gasteiger partial charge in [-0.1, -0.05) is 5.16 Å². The molecule has 0 saturated heterocycles. The number of aromatic nitrogens is 3. The van der Waals surface area contributed by atoms with Crippen LogP contribution in [0.4, 0.5) is 0 Å². The first kappa shape index (κ1) is 13.8. The summed E-state index contributed by atoms with van der Waals surface area (Å²) in [7, 11) is -3.63. The molecule has 1 unspecified atom stereocenters. The van der Waals surface area contributed by atoms with Crippen molar-refractivity contribution in [1.82, 2.24) is 19.7 Å². The second kappa shape index (κ2) is 5.14. The standard InChI is InChI=1S/C11H16N4O3S/c1-8(7-15-6-4-5-12-15)14-19(16,17)11-9(2)13-18-10(11)3/h4-6,8,14H,7H2,1-3H3. The summed E-state index contributed by atoms with van der Waals surface area (Å²) in [6.45, 7) is 5.41. The quantitative estimate of drug-likeness (QED) is 0.879. The minimum Gasteiger partial charge on any atom is -0.360 e. The molecule has 0 aliphatic carbocycles. The summed E-state index contributed by atoms with van der Waals surface area (Å²) < 4.78 is 33.6. The van der Waals surface area contributed by atoms with Gasteiger partial charge in [-0.15, -0.1) is 0 Å². The second-order valence-corrected chi connectivity index (χ2v) is 6.05. The van der Waals surface area contributed by atoms with Crippen LogP contribution in [0.2, 0.25) is 0 Å². The Labute approximate surface area is 111 Å². The average Bonchev–Trinajstić information content (AvgIpc) is 2.88. The zero-order valence-corrected chi connectivity index (χ0v) is 11.8. The highest BCUT2D eigenvalue weighted by molar-refractivity contribution is 7.89. The average molecular weight is 284 g/mol. The van der Waals surface area contributed by atoms with Gasteiger partial charge in [0, 0.05) is 18.4 Å². The Kier molecular flexibility index (Phi) is 3.72. The van der Waals surface area contributed by atoms with E-state index in [9.17, 15) is 8.42 Å². The van der Waals surface area contributed by atoms with Gasteiger partial charge in [-0.05, 0) is 26.8 Å². The molecular formula is C11H16N4O3S. The zero-order valence-electron chi connectivity index (χ0n) is 11.0. The summed E-state index contributed by atoms with van der Waals surface area (Å²) in [6, 6.07) is 1.49. The van der Waals surface area contributed by atoms with Gasteiger partial charge in [-0.25, -0.2) is 13.1 Å². The Balaban J connectivity index is 2.13. The van der Waals surface area contributed by atoms with Crippen LogP contribution >= 0.6 is 0 Å². The van der Waals surface area contributed by atoms with E-state index in [1.807, 2.05) is 0 Å². The van der Waals surface area contributed by atoms with Crippen molar-refractivity contribution in [3.8, 4) is 0 Å². The Morgan fingerprint density at radius 3 is 2.74 bits per heavy atom.